The predicted octanol–water partition coefficient (Wildman–Crippen LogP) is 3.76. The van der Waals surface area contributed by atoms with Crippen molar-refractivity contribution in [2.45, 2.75) is 6.61 Å². The Morgan fingerprint density at radius 3 is 2.75 bits per heavy atom. The van der Waals surface area contributed by atoms with E-state index in [2.05, 4.69) is 10.1 Å². The van der Waals surface area contributed by atoms with Gasteiger partial charge in [-0.15, -0.1) is 0 Å². The summed E-state index contributed by atoms with van der Waals surface area (Å²) >= 11 is 5.84. The van der Waals surface area contributed by atoms with Crippen molar-refractivity contribution in [1.29, 1.82) is 0 Å². The smallest absolute Gasteiger partial charge is 0.338 e. The van der Waals surface area contributed by atoms with Crippen LogP contribution in [0, 0.1) is 0 Å². The molecule has 24 heavy (non-hydrogen) atoms. The van der Waals surface area contributed by atoms with Crippen LogP contribution in [-0.4, -0.2) is 23.2 Å². The zero-order chi connectivity index (χ0) is 16.9. The molecule has 3 rings (SSSR count). The largest absolute Gasteiger partial charge is 0.497 e. The molecule has 0 aliphatic heterocycles. The zero-order valence-corrected chi connectivity index (χ0v) is 13.5. The van der Waals surface area contributed by atoms with Gasteiger partial charge in [-0.1, -0.05) is 22.8 Å². The third kappa shape index (κ3) is 3.72. The van der Waals surface area contributed by atoms with E-state index in [0.29, 0.717) is 22.2 Å². The lowest BCUT2D eigenvalue weighted by atomic mass is 10.2. The minimum atomic E-state index is -0.500. The van der Waals surface area contributed by atoms with Crippen LogP contribution >= 0.6 is 11.6 Å². The Kier molecular flexibility index (Phi) is 4.77. The number of aromatic nitrogens is 2. The normalized spacial score (nSPS) is 10.4. The topological polar surface area (TPSA) is 74.5 Å². The Morgan fingerprint density at radius 2 is 2.00 bits per heavy atom. The summed E-state index contributed by atoms with van der Waals surface area (Å²) in [5, 5.41) is 4.47. The van der Waals surface area contributed by atoms with Crippen molar-refractivity contribution in [3.63, 3.8) is 0 Å². The highest BCUT2D eigenvalue weighted by molar-refractivity contribution is 6.30. The Labute approximate surface area is 143 Å². The monoisotopic (exact) mass is 344 g/mol. The number of rotatable bonds is 5. The van der Waals surface area contributed by atoms with Gasteiger partial charge in [0.2, 0.25) is 5.82 Å². The predicted molar refractivity (Wildman–Crippen MR) is 86.9 cm³/mol. The SMILES string of the molecule is COc1cccc(C(=O)OCc2nc(-c3ccc(Cl)cc3)no2)c1. The molecule has 0 bridgehead atoms. The van der Waals surface area contributed by atoms with Crippen LogP contribution in [0.5, 0.6) is 5.75 Å². The first-order chi connectivity index (χ1) is 11.7. The zero-order valence-electron chi connectivity index (χ0n) is 12.7. The number of hydrogen-bond donors (Lipinski definition) is 0. The van der Waals surface area contributed by atoms with Crippen LogP contribution in [-0.2, 0) is 11.3 Å². The number of benzene rings is 2. The molecule has 0 fully saturated rings. The first-order valence-corrected chi connectivity index (χ1v) is 7.43. The summed E-state index contributed by atoms with van der Waals surface area (Å²) in [5.41, 5.74) is 1.14. The van der Waals surface area contributed by atoms with Crippen LogP contribution in [0.2, 0.25) is 5.02 Å². The third-order valence-electron chi connectivity index (χ3n) is 3.20. The molecule has 1 heterocycles. The first kappa shape index (κ1) is 16.0. The Hall–Kier alpha value is -2.86. The van der Waals surface area contributed by atoms with Gasteiger partial charge in [0.15, 0.2) is 6.61 Å². The molecule has 2 aromatic carbocycles. The highest BCUT2D eigenvalue weighted by Gasteiger charge is 2.13. The van der Waals surface area contributed by atoms with Gasteiger partial charge in [0.25, 0.3) is 5.89 Å². The molecule has 0 aliphatic rings. The molecule has 0 spiro atoms. The van der Waals surface area contributed by atoms with E-state index < -0.39 is 5.97 Å². The molecule has 6 nitrogen and oxygen atoms in total. The maximum Gasteiger partial charge on any atom is 0.338 e. The second-order valence-electron chi connectivity index (χ2n) is 4.83. The summed E-state index contributed by atoms with van der Waals surface area (Å²) in [7, 11) is 1.53. The van der Waals surface area contributed by atoms with Gasteiger partial charge < -0.3 is 14.0 Å². The molecule has 0 amide bonds. The van der Waals surface area contributed by atoms with Crippen LogP contribution in [0.4, 0.5) is 0 Å². The lowest BCUT2D eigenvalue weighted by molar-refractivity contribution is 0.0429. The van der Waals surface area contributed by atoms with Crippen molar-refractivity contribution < 1.29 is 18.8 Å². The molecule has 0 radical (unpaired) electrons. The van der Waals surface area contributed by atoms with Crippen LogP contribution in [0.1, 0.15) is 16.2 Å². The highest BCUT2D eigenvalue weighted by Crippen LogP contribution is 2.19. The van der Waals surface area contributed by atoms with Crippen molar-refractivity contribution in [2.75, 3.05) is 7.11 Å². The Balaban J connectivity index is 1.64. The summed E-state index contributed by atoms with van der Waals surface area (Å²) in [5.74, 6) is 0.683. The van der Waals surface area contributed by atoms with E-state index in [1.807, 2.05) is 0 Å². The minimum Gasteiger partial charge on any atom is -0.497 e. The van der Waals surface area contributed by atoms with Crippen molar-refractivity contribution in [3.05, 3.63) is 65.0 Å². The third-order valence-corrected chi connectivity index (χ3v) is 3.45. The molecule has 7 heteroatoms. The summed E-state index contributed by atoms with van der Waals surface area (Å²) in [6.45, 7) is -0.114. The number of carbonyl (C=O) groups is 1. The van der Waals surface area contributed by atoms with Gasteiger partial charge in [0.1, 0.15) is 5.75 Å². The quantitative estimate of drug-likeness (QED) is 0.656. The van der Waals surface area contributed by atoms with E-state index in [4.69, 9.17) is 25.6 Å². The fraction of sp³-hybridized carbons (Fsp3) is 0.118. The van der Waals surface area contributed by atoms with Crippen LogP contribution in [0.15, 0.2) is 53.1 Å². The highest BCUT2D eigenvalue weighted by atomic mass is 35.5. The number of hydrogen-bond acceptors (Lipinski definition) is 6. The van der Waals surface area contributed by atoms with E-state index in [9.17, 15) is 4.79 Å². The number of esters is 1. The maximum absolute atomic E-state index is 12.0. The molecule has 1 aromatic heterocycles. The summed E-state index contributed by atoms with van der Waals surface area (Å²) in [6, 6.07) is 13.7. The molecule has 0 aliphatic carbocycles. The van der Waals surface area contributed by atoms with Gasteiger partial charge >= 0.3 is 5.97 Å². The van der Waals surface area contributed by atoms with Gasteiger partial charge in [-0.05, 0) is 42.5 Å². The standard InChI is InChI=1S/C17H13ClN2O4/c1-22-14-4-2-3-12(9-14)17(21)23-10-15-19-16(20-24-15)11-5-7-13(18)8-6-11/h2-9H,10H2,1H3. The first-order valence-electron chi connectivity index (χ1n) is 7.05. The molecular weight excluding hydrogens is 332 g/mol. The molecule has 0 saturated carbocycles. The fourth-order valence-corrected chi connectivity index (χ4v) is 2.12. The van der Waals surface area contributed by atoms with Crippen molar-refractivity contribution in [1.82, 2.24) is 10.1 Å². The van der Waals surface area contributed by atoms with E-state index >= 15 is 0 Å². The van der Waals surface area contributed by atoms with Gasteiger partial charge in [-0.2, -0.15) is 4.98 Å². The van der Waals surface area contributed by atoms with E-state index in [0.717, 1.165) is 5.56 Å². The van der Waals surface area contributed by atoms with E-state index in [1.54, 1.807) is 48.5 Å². The van der Waals surface area contributed by atoms with Crippen molar-refractivity contribution in [2.24, 2.45) is 0 Å². The van der Waals surface area contributed by atoms with Gasteiger partial charge in [-0.3, -0.25) is 0 Å². The Bertz CT molecular complexity index is 846. The van der Waals surface area contributed by atoms with Crippen molar-refractivity contribution in [3.8, 4) is 17.1 Å². The lowest BCUT2D eigenvalue weighted by Gasteiger charge is -2.04. The number of methoxy groups -OCH3 is 1. The number of halogens is 1. The molecule has 0 unspecified atom stereocenters. The number of ether oxygens (including phenoxy) is 2. The van der Waals surface area contributed by atoms with E-state index in [-0.39, 0.29) is 12.5 Å². The van der Waals surface area contributed by atoms with Crippen LogP contribution in [0.25, 0.3) is 11.4 Å². The molecule has 0 saturated heterocycles. The average molecular weight is 345 g/mol. The lowest BCUT2D eigenvalue weighted by Crippen LogP contribution is -2.05. The molecular formula is C17H13ClN2O4. The van der Waals surface area contributed by atoms with Gasteiger partial charge in [0, 0.05) is 10.6 Å². The second-order valence-corrected chi connectivity index (χ2v) is 5.26. The number of nitrogens with zero attached hydrogens (tertiary/aromatic N) is 2. The molecule has 122 valence electrons. The second kappa shape index (κ2) is 7.14. The average Bonchev–Trinajstić information content (AvgIpc) is 3.09. The van der Waals surface area contributed by atoms with Crippen molar-refractivity contribution >= 4 is 17.6 Å². The van der Waals surface area contributed by atoms with Crippen LogP contribution in [0.3, 0.4) is 0 Å². The molecule has 0 N–H and O–H groups in total. The summed E-state index contributed by atoms with van der Waals surface area (Å²) in [4.78, 5) is 16.2. The summed E-state index contributed by atoms with van der Waals surface area (Å²) in [6.07, 6.45) is 0. The molecule has 0 atom stereocenters. The fourth-order valence-electron chi connectivity index (χ4n) is 1.99. The summed E-state index contributed by atoms with van der Waals surface area (Å²) < 4.78 is 15.3. The number of carbonyl (C=O) groups excluding carboxylic acids is 1. The van der Waals surface area contributed by atoms with E-state index in [1.165, 1.54) is 7.11 Å². The van der Waals surface area contributed by atoms with Gasteiger partial charge in [0.05, 0.1) is 12.7 Å². The molecule has 3 aromatic rings. The maximum atomic E-state index is 12.0. The Morgan fingerprint density at radius 1 is 1.21 bits per heavy atom. The van der Waals surface area contributed by atoms with Gasteiger partial charge in [-0.25, -0.2) is 4.79 Å². The minimum absolute atomic E-state index is 0.114. The van der Waals surface area contributed by atoms with Crippen LogP contribution < -0.4 is 4.74 Å².